The smallest absolute Gasteiger partial charge is 0.410 e. The Morgan fingerprint density at radius 2 is 2.44 bits per heavy atom. The first-order chi connectivity index (χ1) is 8.65. The number of carbonyl (C=O) groups is 2. The fraction of sp³-hybridized carbons (Fsp3) is 0.417. The molecule has 1 aromatic heterocycles. The van der Waals surface area contributed by atoms with Gasteiger partial charge in [-0.15, -0.1) is 0 Å². The summed E-state index contributed by atoms with van der Waals surface area (Å²) >= 11 is 0. The largest absolute Gasteiger partial charge is 0.481 e. The molecular weight excluding hydrogens is 236 g/mol. The summed E-state index contributed by atoms with van der Waals surface area (Å²) in [5.41, 5.74) is 0.894. The van der Waals surface area contributed by atoms with Gasteiger partial charge in [0.05, 0.1) is 19.6 Å². The molecule has 96 valence electrons. The molecule has 1 unspecified atom stereocenters. The first kappa shape index (κ1) is 12.3. The normalized spacial score (nSPS) is 19.4. The van der Waals surface area contributed by atoms with Crippen LogP contribution in [0.2, 0.25) is 0 Å². The van der Waals surface area contributed by atoms with Crippen LogP contribution in [0.1, 0.15) is 12.0 Å². The Bertz CT molecular complexity index is 435. The molecule has 0 saturated carbocycles. The lowest BCUT2D eigenvalue weighted by atomic mass is 10.0. The van der Waals surface area contributed by atoms with Crippen molar-refractivity contribution in [1.29, 1.82) is 0 Å². The zero-order valence-corrected chi connectivity index (χ0v) is 9.78. The third-order valence-electron chi connectivity index (χ3n) is 2.74. The molecule has 0 spiro atoms. The number of ether oxygens (including phenoxy) is 1. The molecule has 0 radical (unpaired) electrons. The van der Waals surface area contributed by atoms with E-state index in [9.17, 15) is 9.59 Å². The van der Waals surface area contributed by atoms with E-state index in [1.165, 1.54) is 4.90 Å². The summed E-state index contributed by atoms with van der Waals surface area (Å²) in [5.74, 6) is -1.03. The Hall–Kier alpha value is -2.11. The standard InChI is InChI=1S/C12H14N2O4/c15-11(16)4-10-7-14(12(17)18-8-10)6-9-2-1-3-13-5-9/h1-3,5,10H,4,6-8H2,(H,15,16). The number of carboxylic acids is 1. The molecule has 0 aliphatic carbocycles. The van der Waals surface area contributed by atoms with Crippen LogP contribution < -0.4 is 0 Å². The molecule has 6 nitrogen and oxygen atoms in total. The highest BCUT2D eigenvalue weighted by Gasteiger charge is 2.28. The van der Waals surface area contributed by atoms with Crippen LogP contribution in [-0.2, 0) is 16.1 Å². The third-order valence-corrected chi connectivity index (χ3v) is 2.74. The van der Waals surface area contributed by atoms with E-state index in [0.29, 0.717) is 13.1 Å². The van der Waals surface area contributed by atoms with Crippen LogP contribution in [0.15, 0.2) is 24.5 Å². The molecule has 2 rings (SSSR count). The summed E-state index contributed by atoms with van der Waals surface area (Å²) in [6, 6.07) is 3.65. The number of amides is 1. The fourth-order valence-electron chi connectivity index (χ4n) is 1.93. The van der Waals surface area contributed by atoms with E-state index in [1.807, 2.05) is 6.07 Å². The van der Waals surface area contributed by atoms with E-state index in [0.717, 1.165) is 5.56 Å². The Kier molecular flexibility index (Phi) is 3.76. The molecule has 1 saturated heterocycles. The second-order valence-electron chi connectivity index (χ2n) is 4.28. The Morgan fingerprint density at radius 1 is 1.61 bits per heavy atom. The molecule has 0 aromatic carbocycles. The van der Waals surface area contributed by atoms with Gasteiger partial charge in [-0.05, 0) is 11.6 Å². The molecule has 2 heterocycles. The molecule has 6 heteroatoms. The molecule has 0 bridgehead atoms. The number of aliphatic carboxylic acids is 1. The predicted octanol–water partition coefficient (Wildman–Crippen LogP) is 1.12. The monoisotopic (exact) mass is 250 g/mol. The minimum absolute atomic E-state index is 0.0107. The maximum absolute atomic E-state index is 11.6. The lowest BCUT2D eigenvalue weighted by Gasteiger charge is -2.31. The third kappa shape index (κ3) is 3.19. The van der Waals surface area contributed by atoms with E-state index in [2.05, 4.69) is 4.98 Å². The Morgan fingerprint density at radius 3 is 3.11 bits per heavy atom. The van der Waals surface area contributed by atoms with Crippen molar-refractivity contribution in [3.05, 3.63) is 30.1 Å². The average molecular weight is 250 g/mol. The minimum atomic E-state index is -0.876. The molecule has 1 N–H and O–H groups in total. The molecule has 18 heavy (non-hydrogen) atoms. The van der Waals surface area contributed by atoms with E-state index >= 15 is 0 Å². The average Bonchev–Trinajstić information content (AvgIpc) is 2.34. The lowest BCUT2D eigenvalue weighted by molar-refractivity contribution is -0.139. The van der Waals surface area contributed by atoms with Crippen LogP contribution >= 0.6 is 0 Å². The molecule has 1 atom stereocenters. The van der Waals surface area contributed by atoms with Gasteiger partial charge in [-0.1, -0.05) is 6.07 Å². The zero-order valence-electron chi connectivity index (χ0n) is 9.78. The molecule has 1 aromatic rings. The van der Waals surface area contributed by atoms with Gasteiger partial charge >= 0.3 is 12.1 Å². The van der Waals surface area contributed by atoms with Crippen LogP contribution in [0.5, 0.6) is 0 Å². The van der Waals surface area contributed by atoms with Crippen LogP contribution in [0.25, 0.3) is 0 Å². The summed E-state index contributed by atoms with van der Waals surface area (Å²) in [6.45, 7) is 0.970. The maximum atomic E-state index is 11.6. The number of rotatable bonds is 4. The van der Waals surface area contributed by atoms with Gasteiger partial charge in [-0.3, -0.25) is 9.78 Å². The Labute approximate surface area is 104 Å². The molecule has 1 fully saturated rings. The second-order valence-corrected chi connectivity index (χ2v) is 4.28. The number of carboxylic acid groups (broad SMARTS) is 1. The van der Waals surface area contributed by atoms with Crippen LogP contribution in [0, 0.1) is 5.92 Å². The predicted molar refractivity (Wildman–Crippen MR) is 61.7 cm³/mol. The lowest BCUT2D eigenvalue weighted by Crippen LogP contribution is -2.43. The van der Waals surface area contributed by atoms with Crippen molar-refractivity contribution in [2.75, 3.05) is 13.2 Å². The summed E-state index contributed by atoms with van der Waals surface area (Å²) < 4.78 is 4.98. The highest BCUT2D eigenvalue weighted by molar-refractivity contribution is 5.70. The number of cyclic esters (lactones) is 1. The van der Waals surface area contributed by atoms with E-state index in [-0.39, 0.29) is 18.9 Å². The zero-order chi connectivity index (χ0) is 13.0. The van der Waals surface area contributed by atoms with Crippen molar-refractivity contribution in [1.82, 2.24) is 9.88 Å². The van der Waals surface area contributed by atoms with Crippen molar-refractivity contribution in [3.8, 4) is 0 Å². The SMILES string of the molecule is O=C(O)CC1COC(=O)N(Cc2cccnc2)C1. The van der Waals surface area contributed by atoms with Gasteiger partial charge in [0.25, 0.3) is 0 Å². The molecule has 1 aliphatic rings. The highest BCUT2D eigenvalue weighted by Crippen LogP contribution is 2.17. The summed E-state index contributed by atoms with van der Waals surface area (Å²) in [5, 5.41) is 8.74. The Balaban J connectivity index is 1.97. The number of hydrogen-bond acceptors (Lipinski definition) is 4. The van der Waals surface area contributed by atoms with Crippen LogP contribution in [-0.4, -0.2) is 40.2 Å². The van der Waals surface area contributed by atoms with Gasteiger partial charge in [0.2, 0.25) is 0 Å². The van der Waals surface area contributed by atoms with Gasteiger partial charge in [0.15, 0.2) is 0 Å². The highest BCUT2D eigenvalue weighted by atomic mass is 16.6. The quantitative estimate of drug-likeness (QED) is 0.866. The van der Waals surface area contributed by atoms with Crippen molar-refractivity contribution in [3.63, 3.8) is 0 Å². The van der Waals surface area contributed by atoms with Crippen molar-refractivity contribution >= 4 is 12.1 Å². The molecule has 1 aliphatic heterocycles. The van der Waals surface area contributed by atoms with Gasteiger partial charge in [-0.2, -0.15) is 0 Å². The summed E-state index contributed by atoms with van der Waals surface area (Å²) in [7, 11) is 0. The topological polar surface area (TPSA) is 79.7 Å². The van der Waals surface area contributed by atoms with Gasteiger partial charge < -0.3 is 14.7 Å². The molecular formula is C12H14N2O4. The minimum Gasteiger partial charge on any atom is -0.481 e. The van der Waals surface area contributed by atoms with E-state index in [1.54, 1.807) is 18.5 Å². The van der Waals surface area contributed by atoms with E-state index in [4.69, 9.17) is 9.84 Å². The van der Waals surface area contributed by atoms with Crippen LogP contribution in [0.3, 0.4) is 0 Å². The number of aromatic nitrogens is 1. The number of carbonyl (C=O) groups excluding carboxylic acids is 1. The summed E-state index contributed by atoms with van der Waals surface area (Å²) in [4.78, 5) is 27.7. The summed E-state index contributed by atoms with van der Waals surface area (Å²) in [6.07, 6.45) is 2.94. The number of nitrogens with zero attached hydrogens (tertiary/aromatic N) is 2. The first-order valence-corrected chi connectivity index (χ1v) is 5.67. The van der Waals surface area contributed by atoms with Crippen molar-refractivity contribution in [2.45, 2.75) is 13.0 Å². The van der Waals surface area contributed by atoms with E-state index < -0.39 is 12.1 Å². The maximum Gasteiger partial charge on any atom is 0.410 e. The van der Waals surface area contributed by atoms with Gasteiger partial charge in [0, 0.05) is 24.9 Å². The number of hydrogen-bond donors (Lipinski definition) is 1. The van der Waals surface area contributed by atoms with Gasteiger partial charge in [-0.25, -0.2) is 4.79 Å². The van der Waals surface area contributed by atoms with Gasteiger partial charge in [0.1, 0.15) is 0 Å². The fourth-order valence-corrected chi connectivity index (χ4v) is 1.93. The first-order valence-electron chi connectivity index (χ1n) is 5.67. The molecule has 1 amide bonds. The second kappa shape index (κ2) is 5.48. The number of pyridine rings is 1. The van der Waals surface area contributed by atoms with Crippen LogP contribution in [0.4, 0.5) is 4.79 Å². The van der Waals surface area contributed by atoms with Crippen molar-refractivity contribution in [2.24, 2.45) is 5.92 Å². The van der Waals surface area contributed by atoms with Crippen molar-refractivity contribution < 1.29 is 19.4 Å².